The van der Waals surface area contributed by atoms with Gasteiger partial charge in [-0.05, 0) is 37.8 Å². The van der Waals surface area contributed by atoms with Gasteiger partial charge in [0.1, 0.15) is 0 Å². The molecule has 17 heavy (non-hydrogen) atoms. The molecule has 0 amide bonds. The molecule has 0 radical (unpaired) electrons. The molecule has 0 aliphatic heterocycles. The third kappa shape index (κ3) is 2.42. The normalized spacial score (nSPS) is 24.6. The summed E-state index contributed by atoms with van der Waals surface area (Å²) >= 11 is 0. The molecule has 0 spiro atoms. The number of ketones is 1. The summed E-state index contributed by atoms with van der Waals surface area (Å²) < 4.78 is 0. The predicted octanol–water partition coefficient (Wildman–Crippen LogP) is 3.00. The zero-order valence-corrected chi connectivity index (χ0v) is 10.7. The molecule has 0 aromatic heterocycles. The minimum absolute atomic E-state index is 0.0317. The molecular weight excluding hydrogens is 210 g/mol. The Kier molecular flexibility index (Phi) is 3.63. The van der Waals surface area contributed by atoms with E-state index in [0.29, 0.717) is 0 Å². The van der Waals surface area contributed by atoms with Gasteiger partial charge in [-0.25, -0.2) is 0 Å². The Balaban J connectivity index is 2.27. The van der Waals surface area contributed by atoms with Crippen LogP contribution in [0.4, 0.5) is 0 Å². The number of Topliss-reactive ketones (excluding diaryl/α,β-unsaturated/α-hetero) is 1. The van der Waals surface area contributed by atoms with Crippen molar-refractivity contribution in [3.63, 3.8) is 0 Å². The van der Waals surface area contributed by atoms with E-state index in [1.165, 1.54) is 5.56 Å². The molecule has 2 rings (SSSR count). The standard InChI is InChI=1S/C15H21NO/c1-10-6-5-8-12(11(10)2)15(17)13-7-3-4-9-14(13)16/h5-6,8,13-14H,3-4,7,9,16H2,1-2H3. The van der Waals surface area contributed by atoms with Crippen molar-refractivity contribution >= 4 is 5.78 Å². The Morgan fingerprint density at radius 3 is 2.65 bits per heavy atom. The van der Waals surface area contributed by atoms with E-state index in [1.807, 2.05) is 32.0 Å². The zero-order chi connectivity index (χ0) is 12.4. The average Bonchev–Trinajstić information content (AvgIpc) is 2.32. The molecule has 92 valence electrons. The van der Waals surface area contributed by atoms with Gasteiger partial charge in [-0.1, -0.05) is 31.0 Å². The second-order valence-corrected chi connectivity index (χ2v) is 5.17. The number of rotatable bonds is 2. The Morgan fingerprint density at radius 1 is 1.24 bits per heavy atom. The predicted molar refractivity (Wildman–Crippen MR) is 70.2 cm³/mol. The molecule has 0 bridgehead atoms. The first-order valence-corrected chi connectivity index (χ1v) is 6.47. The summed E-state index contributed by atoms with van der Waals surface area (Å²) in [5.41, 5.74) is 9.24. The highest BCUT2D eigenvalue weighted by molar-refractivity contribution is 5.99. The molecule has 2 unspecified atom stereocenters. The van der Waals surface area contributed by atoms with Gasteiger partial charge in [0.05, 0.1) is 0 Å². The number of nitrogens with two attached hydrogens (primary N) is 1. The molecule has 2 nitrogen and oxygen atoms in total. The first-order chi connectivity index (χ1) is 8.11. The summed E-state index contributed by atoms with van der Waals surface area (Å²) in [6, 6.07) is 6.00. The minimum Gasteiger partial charge on any atom is -0.327 e. The monoisotopic (exact) mass is 231 g/mol. The van der Waals surface area contributed by atoms with Crippen LogP contribution in [-0.4, -0.2) is 11.8 Å². The van der Waals surface area contributed by atoms with Gasteiger partial charge in [0.15, 0.2) is 5.78 Å². The lowest BCUT2D eigenvalue weighted by molar-refractivity contribution is 0.0870. The molecule has 1 fully saturated rings. The highest BCUT2D eigenvalue weighted by atomic mass is 16.1. The highest BCUT2D eigenvalue weighted by Gasteiger charge is 2.29. The van der Waals surface area contributed by atoms with Gasteiger partial charge in [-0.15, -0.1) is 0 Å². The van der Waals surface area contributed by atoms with E-state index in [1.54, 1.807) is 0 Å². The second kappa shape index (κ2) is 5.01. The summed E-state index contributed by atoms with van der Waals surface area (Å²) in [6.07, 6.45) is 4.24. The van der Waals surface area contributed by atoms with Crippen LogP contribution in [0.2, 0.25) is 0 Å². The zero-order valence-electron chi connectivity index (χ0n) is 10.7. The van der Waals surface area contributed by atoms with E-state index >= 15 is 0 Å². The van der Waals surface area contributed by atoms with Gasteiger partial charge in [-0.3, -0.25) is 4.79 Å². The van der Waals surface area contributed by atoms with Crippen LogP contribution in [0.3, 0.4) is 0 Å². The summed E-state index contributed by atoms with van der Waals surface area (Å²) in [6.45, 7) is 4.07. The lowest BCUT2D eigenvalue weighted by Gasteiger charge is -2.27. The Bertz CT molecular complexity index is 425. The molecule has 1 aromatic rings. The molecular formula is C15H21NO. The van der Waals surface area contributed by atoms with E-state index in [2.05, 4.69) is 0 Å². The molecule has 1 saturated carbocycles. The van der Waals surface area contributed by atoms with Gasteiger partial charge in [0, 0.05) is 17.5 Å². The first kappa shape index (κ1) is 12.3. The van der Waals surface area contributed by atoms with Crippen LogP contribution < -0.4 is 5.73 Å². The lowest BCUT2D eigenvalue weighted by Crippen LogP contribution is -2.38. The van der Waals surface area contributed by atoms with Crippen LogP contribution in [0.5, 0.6) is 0 Å². The van der Waals surface area contributed by atoms with E-state index in [-0.39, 0.29) is 17.7 Å². The van der Waals surface area contributed by atoms with Crippen molar-refractivity contribution < 1.29 is 4.79 Å². The summed E-state index contributed by atoms with van der Waals surface area (Å²) in [4.78, 5) is 12.5. The van der Waals surface area contributed by atoms with Gasteiger partial charge in [0.25, 0.3) is 0 Å². The number of carbonyl (C=O) groups is 1. The maximum absolute atomic E-state index is 12.5. The van der Waals surface area contributed by atoms with E-state index in [0.717, 1.165) is 36.8 Å². The summed E-state index contributed by atoms with van der Waals surface area (Å²) in [5.74, 6) is 0.280. The van der Waals surface area contributed by atoms with Crippen molar-refractivity contribution in [3.05, 3.63) is 34.9 Å². The van der Waals surface area contributed by atoms with Gasteiger partial charge >= 0.3 is 0 Å². The van der Waals surface area contributed by atoms with Gasteiger partial charge < -0.3 is 5.73 Å². The van der Waals surface area contributed by atoms with Crippen LogP contribution in [0.15, 0.2) is 18.2 Å². The molecule has 2 heteroatoms. The van der Waals surface area contributed by atoms with Crippen molar-refractivity contribution in [2.45, 2.75) is 45.6 Å². The van der Waals surface area contributed by atoms with Gasteiger partial charge in [-0.2, -0.15) is 0 Å². The summed E-state index contributed by atoms with van der Waals surface area (Å²) in [5, 5.41) is 0. The smallest absolute Gasteiger partial charge is 0.167 e. The van der Waals surface area contributed by atoms with Crippen LogP contribution in [0, 0.1) is 19.8 Å². The third-order valence-corrected chi connectivity index (χ3v) is 4.03. The molecule has 2 atom stereocenters. The summed E-state index contributed by atoms with van der Waals surface area (Å²) in [7, 11) is 0. The number of carbonyl (C=O) groups excluding carboxylic acids is 1. The Morgan fingerprint density at radius 2 is 1.94 bits per heavy atom. The minimum atomic E-state index is 0.0317. The molecule has 0 heterocycles. The highest BCUT2D eigenvalue weighted by Crippen LogP contribution is 2.27. The van der Waals surface area contributed by atoms with Crippen LogP contribution in [-0.2, 0) is 0 Å². The van der Waals surface area contributed by atoms with Crippen molar-refractivity contribution in [2.75, 3.05) is 0 Å². The van der Waals surface area contributed by atoms with Crippen LogP contribution in [0.25, 0.3) is 0 Å². The van der Waals surface area contributed by atoms with E-state index in [4.69, 9.17) is 5.73 Å². The van der Waals surface area contributed by atoms with Crippen molar-refractivity contribution in [1.82, 2.24) is 0 Å². The number of aryl methyl sites for hydroxylation is 1. The molecule has 0 saturated heterocycles. The van der Waals surface area contributed by atoms with Crippen molar-refractivity contribution in [1.29, 1.82) is 0 Å². The number of hydrogen-bond donors (Lipinski definition) is 1. The molecule has 1 aromatic carbocycles. The Labute approximate surface area is 103 Å². The fourth-order valence-electron chi connectivity index (χ4n) is 2.70. The van der Waals surface area contributed by atoms with Crippen molar-refractivity contribution in [3.8, 4) is 0 Å². The van der Waals surface area contributed by atoms with Crippen LogP contribution in [0.1, 0.15) is 47.2 Å². The fourth-order valence-corrected chi connectivity index (χ4v) is 2.70. The van der Waals surface area contributed by atoms with Crippen molar-refractivity contribution in [2.24, 2.45) is 11.7 Å². The fraction of sp³-hybridized carbons (Fsp3) is 0.533. The second-order valence-electron chi connectivity index (χ2n) is 5.17. The number of hydrogen-bond acceptors (Lipinski definition) is 2. The SMILES string of the molecule is Cc1cccc(C(=O)C2CCCCC2N)c1C. The average molecular weight is 231 g/mol. The van der Waals surface area contributed by atoms with Crippen LogP contribution >= 0.6 is 0 Å². The molecule has 2 N–H and O–H groups in total. The first-order valence-electron chi connectivity index (χ1n) is 6.47. The third-order valence-electron chi connectivity index (χ3n) is 4.03. The van der Waals surface area contributed by atoms with E-state index in [9.17, 15) is 4.79 Å². The quantitative estimate of drug-likeness (QED) is 0.795. The largest absolute Gasteiger partial charge is 0.327 e. The number of benzene rings is 1. The maximum Gasteiger partial charge on any atom is 0.167 e. The topological polar surface area (TPSA) is 43.1 Å². The van der Waals surface area contributed by atoms with E-state index < -0.39 is 0 Å². The maximum atomic E-state index is 12.5. The lowest BCUT2D eigenvalue weighted by atomic mass is 9.79. The Hall–Kier alpha value is -1.15. The van der Waals surface area contributed by atoms with Gasteiger partial charge in [0.2, 0.25) is 0 Å². The molecule has 1 aliphatic carbocycles. The molecule has 1 aliphatic rings.